The van der Waals surface area contributed by atoms with Gasteiger partial charge in [0, 0.05) is 36.7 Å². The van der Waals surface area contributed by atoms with E-state index in [1.807, 2.05) is 25.1 Å². The molecule has 3 amide bonds. The van der Waals surface area contributed by atoms with Gasteiger partial charge in [-0.05, 0) is 56.4 Å². The highest BCUT2D eigenvalue weighted by Gasteiger charge is 2.29. The SMILES string of the molecule is COc1cc(NC(=O)C2CCC(n3c(=O)[nH]c4c(C(=O)NCCC(N)=O)cccc43)CC2)ccc1C. The number of aryl methyl sites for hydroxylation is 1. The first-order valence-electron chi connectivity index (χ1n) is 12.0. The van der Waals surface area contributed by atoms with Crippen molar-refractivity contribution in [2.45, 2.75) is 45.1 Å². The summed E-state index contributed by atoms with van der Waals surface area (Å²) in [5.41, 5.74) is 7.94. The smallest absolute Gasteiger partial charge is 0.326 e. The summed E-state index contributed by atoms with van der Waals surface area (Å²) in [6.07, 6.45) is 2.65. The number of hydrogen-bond donors (Lipinski definition) is 4. The Morgan fingerprint density at radius 3 is 2.58 bits per heavy atom. The molecule has 1 aliphatic carbocycles. The fourth-order valence-corrected chi connectivity index (χ4v) is 4.83. The lowest BCUT2D eigenvalue weighted by molar-refractivity contribution is -0.121. The Hall–Kier alpha value is -4.08. The lowest BCUT2D eigenvalue weighted by atomic mass is 9.85. The number of carbonyl (C=O) groups excluding carboxylic acids is 3. The normalized spacial score (nSPS) is 17.5. The van der Waals surface area contributed by atoms with E-state index >= 15 is 0 Å². The molecule has 36 heavy (non-hydrogen) atoms. The Balaban J connectivity index is 1.44. The van der Waals surface area contributed by atoms with Crippen molar-refractivity contribution < 1.29 is 19.1 Å². The largest absolute Gasteiger partial charge is 0.496 e. The van der Waals surface area contributed by atoms with E-state index in [-0.39, 0.29) is 42.4 Å². The number of nitrogens with zero attached hydrogens (tertiary/aromatic N) is 1. The second kappa shape index (κ2) is 10.7. The van der Waals surface area contributed by atoms with Gasteiger partial charge in [0.1, 0.15) is 5.75 Å². The van der Waals surface area contributed by atoms with Gasteiger partial charge in [-0.3, -0.25) is 19.0 Å². The van der Waals surface area contributed by atoms with Crippen LogP contribution in [-0.2, 0) is 9.59 Å². The second-order valence-electron chi connectivity index (χ2n) is 9.15. The minimum atomic E-state index is -0.504. The van der Waals surface area contributed by atoms with E-state index in [2.05, 4.69) is 15.6 Å². The summed E-state index contributed by atoms with van der Waals surface area (Å²) < 4.78 is 7.03. The van der Waals surface area contributed by atoms with Gasteiger partial charge in [-0.1, -0.05) is 12.1 Å². The fraction of sp³-hybridized carbons (Fsp3) is 0.385. The maximum Gasteiger partial charge on any atom is 0.326 e. The van der Waals surface area contributed by atoms with E-state index in [1.54, 1.807) is 29.9 Å². The maximum absolute atomic E-state index is 12.9. The van der Waals surface area contributed by atoms with Crippen LogP contribution in [0.1, 0.15) is 54.1 Å². The quantitative estimate of drug-likeness (QED) is 0.381. The minimum absolute atomic E-state index is 0.0352. The van der Waals surface area contributed by atoms with E-state index in [0.717, 1.165) is 11.3 Å². The summed E-state index contributed by atoms with van der Waals surface area (Å²) in [5, 5.41) is 5.64. The Morgan fingerprint density at radius 1 is 1.14 bits per heavy atom. The first-order valence-corrected chi connectivity index (χ1v) is 12.0. The van der Waals surface area contributed by atoms with Crippen LogP contribution < -0.4 is 26.8 Å². The predicted molar refractivity (Wildman–Crippen MR) is 136 cm³/mol. The number of hydrogen-bond acceptors (Lipinski definition) is 5. The molecule has 1 aliphatic rings. The first-order chi connectivity index (χ1) is 17.3. The van der Waals surface area contributed by atoms with Gasteiger partial charge >= 0.3 is 5.69 Å². The molecule has 0 atom stereocenters. The molecule has 190 valence electrons. The van der Waals surface area contributed by atoms with E-state index in [9.17, 15) is 19.2 Å². The Kier molecular flexibility index (Phi) is 7.42. The molecule has 1 saturated carbocycles. The van der Waals surface area contributed by atoms with Gasteiger partial charge in [-0.25, -0.2) is 4.79 Å². The van der Waals surface area contributed by atoms with Crippen molar-refractivity contribution in [2.75, 3.05) is 19.0 Å². The lowest BCUT2D eigenvalue weighted by Crippen LogP contribution is -2.31. The van der Waals surface area contributed by atoms with Crippen LogP contribution in [0.3, 0.4) is 0 Å². The summed E-state index contributed by atoms with van der Waals surface area (Å²) in [6.45, 7) is 2.06. The minimum Gasteiger partial charge on any atom is -0.496 e. The highest BCUT2D eigenvalue weighted by Crippen LogP contribution is 2.34. The summed E-state index contributed by atoms with van der Waals surface area (Å²) in [7, 11) is 1.60. The molecular formula is C26H31N5O5. The molecule has 1 fully saturated rings. The molecular weight excluding hydrogens is 462 g/mol. The second-order valence-corrected chi connectivity index (χ2v) is 9.15. The number of benzene rings is 2. The van der Waals surface area contributed by atoms with Gasteiger partial charge in [0.15, 0.2) is 0 Å². The summed E-state index contributed by atoms with van der Waals surface area (Å²) >= 11 is 0. The molecule has 0 saturated heterocycles. The molecule has 5 N–H and O–H groups in total. The van der Waals surface area contributed by atoms with Crippen LogP contribution in [0.25, 0.3) is 11.0 Å². The molecule has 1 aromatic heterocycles. The van der Waals surface area contributed by atoms with Crippen molar-refractivity contribution >= 4 is 34.4 Å². The monoisotopic (exact) mass is 493 g/mol. The number of aromatic nitrogens is 2. The van der Waals surface area contributed by atoms with E-state index in [1.165, 1.54) is 0 Å². The van der Waals surface area contributed by atoms with E-state index in [0.29, 0.717) is 48.0 Å². The molecule has 0 radical (unpaired) electrons. The van der Waals surface area contributed by atoms with Crippen molar-refractivity contribution in [3.05, 3.63) is 58.0 Å². The molecule has 2 aromatic carbocycles. The van der Waals surface area contributed by atoms with Crippen LogP contribution in [0.4, 0.5) is 5.69 Å². The van der Waals surface area contributed by atoms with Crippen LogP contribution in [0.2, 0.25) is 0 Å². The molecule has 0 unspecified atom stereocenters. The van der Waals surface area contributed by atoms with E-state index in [4.69, 9.17) is 10.5 Å². The number of nitrogens with two attached hydrogens (primary N) is 1. The zero-order valence-electron chi connectivity index (χ0n) is 20.4. The first kappa shape index (κ1) is 25.0. The van der Waals surface area contributed by atoms with Gasteiger partial charge in [-0.15, -0.1) is 0 Å². The summed E-state index contributed by atoms with van der Waals surface area (Å²) in [5.74, 6) is -0.364. The number of ether oxygens (including phenoxy) is 1. The number of amides is 3. The predicted octanol–water partition coefficient (Wildman–Crippen LogP) is 2.62. The Morgan fingerprint density at radius 2 is 1.89 bits per heavy atom. The van der Waals surface area contributed by atoms with Crippen molar-refractivity contribution in [3.63, 3.8) is 0 Å². The molecule has 0 bridgehead atoms. The maximum atomic E-state index is 12.9. The number of anilines is 1. The average Bonchev–Trinajstić information content (AvgIpc) is 3.20. The number of aromatic amines is 1. The molecule has 0 spiro atoms. The lowest BCUT2D eigenvalue weighted by Gasteiger charge is -2.28. The zero-order chi connectivity index (χ0) is 25.8. The number of methoxy groups -OCH3 is 1. The van der Waals surface area contributed by atoms with Gasteiger partial charge < -0.3 is 26.1 Å². The van der Waals surface area contributed by atoms with Crippen LogP contribution in [0.15, 0.2) is 41.2 Å². The number of primary amides is 1. The number of imidazole rings is 1. The third kappa shape index (κ3) is 5.27. The highest BCUT2D eigenvalue weighted by atomic mass is 16.5. The molecule has 4 rings (SSSR count). The van der Waals surface area contributed by atoms with Gasteiger partial charge in [-0.2, -0.15) is 0 Å². The molecule has 3 aromatic rings. The summed E-state index contributed by atoms with van der Waals surface area (Å²) in [4.78, 5) is 52.1. The van der Waals surface area contributed by atoms with Crippen molar-refractivity contribution in [1.82, 2.24) is 14.9 Å². The zero-order valence-corrected chi connectivity index (χ0v) is 20.4. The number of H-pyrrole nitrogens is 1. The molecule has 1 heterocycles. The van der Waals surface area contributed by atoms with Gasteiger partial charge in [0.25, 0.3) is 5.91 Å². The number of nitrogens with one attached hydrogen (secondary N) is 3. The van der Waals surface area contributed by atoms with Crippen molar-refractivity contribution in [1.29, 1.82) is 0 Å². The van der Waals surface area contributed by atoms with Crippen LogP contribution in [0, 0.1) is 12.8 Å². The van der Waals surface area contributed by atoms with Crippen molar-refractivity contribution in [2.24, 2.45) is 11.7 Å². The Labute approximate surface area is 208 Å². The van der Waals surface area contributed by atoms with Gasteiger partial charge in [0.2, 0.25) is 11.8 Å². The molecule has 0 aliphatic heterocycles. The fourth-order valence-electron chi connectivity index (χ4n) is 4.83. The Bertz CT molecular complexity index is 1350. The van der Waals surface area contributed by atoms with Crippen LogP contribution in [-0.4, -0.2) is 40.9 Å². The third-order valence-electron chi connectivity index (χ3n) is 6.76. The molecule has 10 nitrogen and oxygen atoms in total. The van der Waals surface area contributed by atoms with Crippen molar-refractivity contribution in [3.8, 4) is 5.75 Å². The average molecular weight is 494 g/mol. The standard InChI is InChI=1S/C26H31N5O5/c1-15-6-9-17(14-21(15)36-2)29-24(33)16-7-10-18(11-8-16)31-20-5-3-4-19(23(20)30-26(31)35)25(34)28-13-12-22(27)32/h3-6,9,14,16,18H,7-8,10-13H2,1-2H3,(H2,27,32)(H,28,34)(H,29,33)(H,30,35). The van der Waals surface area contributed by atoms with Gasteiger partial charge in [0.05, 0.1) is 23.7 Å². The number of rotatable bonds is 8. The third-order valence-corrected chi connectivity index (χ3v) is 6.76. The molecule has 10 heteroatoms. The number of fused-ring (bicyclic) bond motifs is 1. The van der Waals surface area contributed by atoms with Crippen LogP contribution in [0.5, 0.6) is 5.75 Å². The number of para-hydroxylation sites is 1. The number of carbonyl (C=O) groups is 3. The van der Waals surface area contributed by atoms with E-state index < -0.39 is 5.91 Å². The summed E-state index contributed by atoms with van der Waals surface area (Å²) in [6, 6.07) is 10.6. The highest BCUT2D eigenvalue weighted by molar-refractivity contribution is 6.05. The van der Waals surface area contributed by atoms with Crippen LogP contribution >= 0.6 is 0 Å². The topological polar surface area (TPSA) is 148 Å².